The van der Waals surface area contributed by atoms with Crippen LogP contribution in [0.2, 0.25) is 0 Å². The Hall–Kier alpha value is -1.16. The second kappa shape index (κ2) is 3.30. The van der Waals surface area contributed by atoms with Crippen LogP contribution in [0.4, 0.5) is 0 Å². The number of carbonyl (C=O) groups excluding carboxylic acids is 1. The first-order chi connectivity index (χ1) is 6.27. The van der Waals surface area contributed by atoms with Crippen LogP contribution in [0.25, 0.3) is 0 Å². The average Bonchev–Trinajstić information content (AvgIpc) is 2.75. The SMILES string of the molecule is CC(=O)c1coc(C2CCCO2)n1. The van der Waals surface area contributed by atoms with Crippen LogP contribution in [0.1, 0.15) is 42.2 Å². The molecule has 1 aliphatic rings. The van der Waals surface area contributed by atoms with E-state index in [-0.39, 0.29) is 11.9 Å². The Balaban J connectivity index is 2.16. The molecular weight excluding hydrogens is 170 g/mol. The molecule has 1 atom stereocenters. The summed E-state index contributed by atoms with van der Waals surface area (Å²) in [6, 6.07) is 0. The Morgan fingerprint density at radius 1 is 1.69 bits per heavy atom. The van der Waals surface area contributed by atoms with Crippen LogP contribution >= 0.6 is 0 Å². The molecule has 0 radical (unpaired) electrons. The summed E-state index contributed by atoms with van der Waals surface area (Å²) in [5.41, 5.74) is 0.380. The maximum absolute atomic E-state index is 10.9. The molecule has 1 aliphatic heterocycles. The number of hydrogen-bond acceptors (Lipinski definition) is 4. The number of aromatic nitrogens is 1. The van der Waals surface area contributed by atoms with Gasteiger partial charge in [0.1, 0.15) is 18.1 Å². The summed E-state index contributed by atoms with van der Waals surface area (Å²) in [7, 11) is 0. The van der Waals surface area contributed by atoms with Gasteiger partial charge in [-0.1, -0.05) is 0 Å². The summed E-state index contributed by atoms with van der Waals surface area (Å²) in [6.45, 7) is 2.22. The lowest BCUT2D eigenvalue weighted by molar-refractivity contribution is 0.0891. The predicted molar refractivity (Wildman–Crippen MR) is 44.4 cm³/mol. The van der Waals surface area contributed by atoms with Gasteiger partial charge < -0.3 is 9.15 Å². The van der Waals surface area contributed by atoms with Crippen LogP contribution in [0.5, 0.6) is 0 Å². The Morgan fingerprint density at radius 2 is 2.54 bits per heavy atom. The number of ketones is 1. The van der Waals surface area contributed by atoms with Gasteiger partial charge in [0, 0.05) is 13.5 Å². The quantitative estimate of drug-likeness (QED) is 0.652. The van der Waals surface area contributed by atoms with E-state index in [0.717, 1.165) is 19.4 Å². The summed E-state index contributed by atoms with van der Waals surface area (Å²) < 4.78 is 10.5. The second-order valence-electron chi connectivity index (χ2n) is 3.13. The lowest BCUT2D eigenvalue weighted by atomic mass is 10.2. The second-order valence-corrected chi connectivity index (χ2v) is 3.13. The highest BCUT2D eigenvalue weighted by molar-refractivity contribution is 5.91. The van der Waals surface area contributed by atoms with Crippen molar-refractivity contribution in [3.63, 3.8) is 0 Å². The van der Waals surface area contributed by atoms with Crippen LogP contribution in [0.3, 0.4) is 0 Å². The standard InChI is InChI=1S/C9H11NO3/c1-6(11)7-5-13-9(10-7)8-3-2-4-12-8/h5,8H,2-4H2,1H3. The van der Waals surface area contributed by atoms with Gasteiger partial charge in [0.05, 0.1) is 0 Å². The topological polar surface area (TPSA) is 52.3 Å². The minimum atomic E-state index is -0.0759. The monoisotopic (exact) mass is 181 g/mol. The maximum Gasteiger partial charge on any atom is 0.223 e. The predicted octanol–water partition coefficient (Wildman–Crippen LogP) is 1.73. The Kier molecular flexibility index (Phi) is 2.14. The minimum Gasteiger partial charge on any atom is -0.445 e. The van der Waals surface area contributed by atoms with Gasteiger partial charge in [0.2, 0.25) is 5.89 Å². The summed E-state index contributed by atoms with van der Waals surface area (Å²) in [5.74, 6) is 0.454. The van der Waals surface area contributed by atoms with Crippen molar-refractivity contribution >= 4 is 5.78 Å². The van der Waals surface area contributed by atoms with Gasteiger partial charge in [-0.2, -0.15) is 0 Å². The minimum absolute atomic E-state index is 0.0481. The zero-order chi connectivity index (χ0) is 9.26. The van der Waals surface area contributed by atoms with E-state index in [1.807, 2.05) is 0 Å². The van der Waals surface area contributed by atoms with Crippen molar-refractivity contribution in [3.8, 4) is 0 Å². The van der Waals surface area contributed by atoms with E-state index < -0.39 is 0 Å². The van der Waals surface area contributed by atoms with Crippen LogP contribution in [-0.2, 0) is 4.74 Å². The number of carbonyl (C=O) groups is 1. The van der Waals surface area contributed by atoms with E-state index in [4.69, 9.17) is 9.15 Å². The summed E-state index contributed by atoms with van der Waals surface area (Å²) >= 11 is 0. The van der Waals surface area contributed by atoms with Crippen molar-refractivity contribution in [1.82, 2.24) is 4.98 Å². The Morgan fingerprint density at radius 3 is 3.08 bits per heavy atom. The molecule has 0 amide bonds. The van der Waals surface area contributed by atoms with Crippen LogP contribution in [0.15, 0.2) is 10.7 Å². The number of nitrogens with zero attached hydrogens (tertiary/aromatic N) is 1. The molecule has 0 saturated carbocycles. The number of hydrogen-bond donors (Lipinski definition) is 0. The van der Waals surface area contributed by atoms with Gasteiger partial charge in [-0.15, -0.1) is 0 Å². The highest BCUT2D eigenvalue weighted by Crippen LogP contribution is 2.27. The summed E-state index contributed by atoms with van der Waals surface area (Å²) in [5, 5.41) is 0. The fourth-order valence-electron chi connectivity index (χ4n) is 1.37. The molecule has 1 saturated heterocycles. The van der Waals surface area contributed by atoms with E-state index in [2.05, 4.69) is 4.98 Å². The molecule has 1 fully saturated rings. The first kappa shape index (κ1) is 8.44. The van der Waals surface area contributed by atoms with Gasteiger partial charge in [-0.25, -0.2) is 4.98 Å². The number of ether oxygens (including phenoxy) is 1. The largest absolute Gasteiger partial charge is 0.445 e. The first-order valence-corrected chi connectivity index (χ1v) is 4.35. The van der Waals surface area contributed by atoms with E-state index >= 15 is 0 Å². The highest BCUT2D eigenvalue weighted by Gasteiger charge is 2.23. The lowest BCUT2D eigenvalue weighted by Crippen LogP contribution is -1.98. The third-order valence-electron chi connectivity index (χ3n) is 2.09. The molecule has 1 unspecified atom stereocenters. The van der Waals surface area contributed by atoms with Crippen LogP contribution < -0.4 is 0 Å². The zero-order valence-electron chi connectivity index (χ0n) is 7.45. The van der Waals surface area contributed by atoms with Crippen molar-refractivity contribution in [2.45, 2.75) is 25.9 Å². The molecule has 0 N–H and O–H groups in total. The molecule has 4 heteroatoms. The molecule has 2 rings (SSSR count). The van der Waals surface area contributed by atoms with E-state index in [1.165, 1.54) is 13.2 Å². The van der Waals surface area contributed by atoms with E-state index in [1.54, 1.807) is 0 Å². The number of Topliss-reactive ketones (excluding diaryl/α,β-unsaturated/α-hetero) is 1. The third kappa shape index (κ3) is 1.62. The molecule has 1 aromatic heterocycles. The van der Waals surface area contributed by atoms with Crippen LogP contribution in [0, 0.1) is 0 Å². The fourth-order valence-corrected chi connectivity index (χ4v) is 1.37. The molecule has 13 heavy (non-hydrogen) atoms. The van der Waals surface area contributed by atoms with Gasteiger partial charge >= 0.3 is 0 Å². The fraction of sp³-hybridized carbons (Fsp3) is 0.556. The molecule has 0 aliphatic carbocycles. The lowest BCUT2D eigenvalue weighted by Gasteiger charge is -2.01. The molecule has 2 heterocycles. The van der Waals surface area contributed by atoms with Gasteiger partial charge in [0.15, 0.2) is 5.78 Å². The average molecular weight is 181 g/mol. The van der Waals surface area contributed by atoms with Crippen molar-refractivity contribution in [2.75, 3.05) is 6.61 Å². The van der Waals surface area contributed by atoms with Crippen molar-refractivity contribution in [2.24, 2.45) is 0 Å². The molecule has 0 aromatic carbocycles. The zero-order valence-corrected chi connectivity index (χ0v) is 7.45. The van der Waals surface area contributed by atoms with Crippen LogP contribution in [-0.4, -0.2) is 17.4 Å². The Labute approximate surface area is 75.9 Å². The maximum atomic E-state index is 10.9. The van der Waals surface area contributed by atoms with Gasteiger partial charge in [-0.3, -0.25) is 4.79 Å². The van der Waals surface area contributed by atoms with Crippen molar-refractivity contribution in [3.05, 3.63) is 17.8 Å². The third-order valence-corrected chi connectivity index (χ3v) is 2.09. The first-order valence-electron chi connectivity index (χ1n) is 4.35. The van der Waals surface area contributed by atoms with E-state index in [9.17, 15) is 4.79 Å². The Bertz CT molecular complexity index is 312. The number of oxazole rings is 1. The highest BCUT2D eigenvalue weighted by atomic mass is 16.5. The van der Waals surface area contributed by atoms with Crippen molar-refractivity contribution < 1.29 is 13.9 Å². The number of rotatable bonds is 2. The molecule has 0 spiro atoms. The smallest absolute Gasteiger partial charge is 0.223 e. The molecule has 70 valence electrons. The van der Waals surface area contributed by atoms with Gasteiger partial charge in [-0.05, 0) is 12.8 Å². The van der Waals surface area contributed by atoms with Crippen molar-refractivity contribution in [1.29, 1.82) is 0 Å². The summed E-state index contributed by atoms with van der Waals surface area (Å²) in [6.07, 6.45) is 3.30. The van der Waals surface area contributed by atoms with E-state index in [0.29, 0.717) is 11.6 Å². The normalized spacial score (nSPS) is 22.1. The van der Waals surface area contributed by atoms with Gasteiger partial charge in [0.25, 0.3) is 0 Å². The molecule has 4 nitrogen and oxygen atoms in total. The summed E-state index contributed by atoms with van der Waals surface area (Å²) in [4.78, 5) is 15.0. The molecule has 1 aromatic rings. The molecule has 0 bridgehead atoms. The molecular formula is C9H11NO3.